The van der Waals surface area contributed by atoms with Crippen LogP contribution in [0.1, 0.15) is 34.8 Å². The molecule has 0 spiro atoms. The van der Waals surface area contributed by atoms with Gasteiger partial charge in [0.05, 0.1) is 6.61 Å². The number of aromatic hydroxyl groups is 2. The molecule has 1 atom stereocenters. The molecule has 2 aromatic rings. The van der Waals surface area contributed by atoms with Crippen molar-refractivity contribution in [2.75, 3.05) is 6.61 Å². The minimum atomic E-state index is -1.25. The summed E-state index contributed by atoms with van der Waals surface area (Å²) in [6, 6.07) is 9.05. The number of carbonyl (C=O) groups is 2. The molecule has 7 nitrogen and oxygen atoms in total. The number of ether oxygens (including phenoxy) is 1. The molecule has 0 aromatic heterocycles. The number of benzene rings is 2. The van der Waals surface area contributed by atoms with Crippen molar-refractivity contribution in [3.8, 4) is 17.2 Å². The van der Waals surface area contributed by atoms with Crippen LogP contribution in [0.4, 0.5) is 0 Å². The SMILES string of the molecule is CCOC(=O)c1cccc2c1OB(O)[C@@H](CC(=O)Cc1cc(O)ccc1O)C2. The third-order valence-corrected chi connectivity index (χ3v) is 4.66. The molecule has 0 amide bonds. The fourth-order valence-corrected chi connectivity index (χ4v) is 3.32. The van der Waals surface area contributed by atoms with Crippen LogP contribution in [0.25, 0.3) is 0 Å². The van der Waals surface area contributed by atoms with E-state index in [1.165, 1.54) is 18.2 Å². The van der Waals surface area contributed by atoms with Crippen molar-refractivity contribution in [3.63, 3.8) is 0 Å². The molecule has 1 heterocycles. The number of esters is 1. The Morgan fingerprint density at radius 2 is 2.04 bits per heavy atom. The van der Waals surface area contributed by atoms with E-state index in [1.54, 1.807) is 25.1 Å². The number of Topliss-reactive ketones (excluding diaryl/α,β-unsaturated/α-hetero) is 1. The van der Waals surface area contributed by atoms with Gasteiger partial charge in [-0.05, 0) is 43.2 Å². The molecule has 0 radical (unpaired) electrons. The molecule has 0 unspecified atom stereocenters. The van der Waals surface area contributed by atoms with Gasteiger partial charge in [-0.1, -0.05) is 12.1 Å². The number of fused-ring (bicyclic) bond motifs is 1. The number of phenolic OH excluding ortho intramolecular Hbond substituents is 2. The Balaban J connectivity index is 1.72. The molecule has 8 heteroatoms. The lowest BCUT2D eigenvalue weighted by molar-refractivity contribution is -0.118. The zero-order valence-electron chi connectivity index (χ0n) is 15.4. The highest BCUT2D eigenvalue weighted by Gasteiger charge is 2.37. The van der Waals surface area contributed by atoms with Gasteiger partial charge in [-0.2, -0.15) is 0 Å². The molecule has 3 N–H and O–H groups in total. The molecule has 1 aliphatic rings. The van der Waals surface area contributed by atoms with Gasteiger partial charge in [0.1, 0.15) is 28.6 Å². The van der Waals surface area contributed by atoms with Gasteiger partial charge in [0.15, 0.2) is 0 Å². The molecule has 0 saturated heterocycles. The van der Waals surface area contributed by atoms with E-state index < -0.39 is 18.9 Å². The molecule has 28 heavy (non-hydrogen) atoms. The van der Waals surface area contributed by atoms with Crippen LogP contribution in [-0.2, 0) is 22.4 Å². The first-order valence-corrected chi connectivity index (χ1v) is 9.05. The van der Waals surface area contributed by atoms with E-state index in [-0.39, 0.29) is 48.0 Å². The van der Waals surface area contributed by atoms with Crippen LogP contribution >= 0.6 is 0 Å². The molecule has 2 aromatic carbocycles. The number of rotatable bonds is 6. The predicted molar refractivity (Wildman–Crippen MR) is 102 cm³/mol. The van der Waals surface area contributed by atoms with E-state index >= 15 is 0 Å². The van der Waals surface area contributed by atoms with Crippen molar-refractivity contribution in [1.82, 2.24) is 0 Å². The van der Waals surface area contributed by atoms with Crippen molar-refractivity contribution in [3.05, 3.63) is 53.1 Å². The van der Waals surface area contributed by atoms with Crippen LogP contribution in [0.3, 0.4) is 0 Å². The van der Waals surface area contributed by atoms with Gasteiger partial charge >= 0.3 is 13.1 Å². The third kappa shape index (κ3) is 4.28. The van der Waals surface area contributed by atoms with Crippen molar-refractivity contribution >= 4 is 18.9 Å². The van der Waals surface area contributed by atoms with Crippen LogP contribution in [0, 0.1) is 0 Å². The topological polar surface area (TPSA) is 113 Å². The summed E-state index contributed by atoms with van der Waals surface area (Å²) >= 11 is 0. The van der Waals surface area contributed by atoms with Crippen LogP contribution in [-0.4, -0.2) is 40.7 Å². The average molecular weight is 384 g/mol. The van der Waals surface area contributed by atoms with E-state index in [1.807, 2.05) is 0 Å². The lowest BCUT2D eigenvalue weighted by Gasteiger charge is -2.28. The number of phenols is 2. The second kappa shape index (κ2) is 8.35. The van der Waals surface area contributed by atoms with E-state index in [9.17, 15) is 24.8 Å². The molecular formula is C20H21BO7. The second-order valence-electron chi connectivity index (χ2n) is 6.72. The maximum atomic E-state index is 12.4. The van der Waals surface area contributed by atoms with Crippen LogP contribution < -0.4 is 4.65 Å². The summed E-state index contributed by atoms with van der Waals surface area (Å²) < 4.78 is 10.6. The Labute approximate surface area is 162 Å². The van der Waals surface area contributed by atoms with Crippen molar-refractivity contribution in [1.29, 1.82) is 0 Å². The summed E-state index contributed by atoms with van der Waals surface area (Å²) in [6.07, 6.45) is 0.319. The van der Waals surface area contributed by atoms with Gasteiger partial charge in [0, 0.05) is 24.2 Å². The van der Waals surface area contributed by atoms with Gasteiger partial charge in [0.2, 0.25) is 0 Å². The van der Waals surface area contributed by atoms with E-state index in [2.05, 4.69) is 0 Å². The normalized spacial score (nSPS) is 15.5. The number of hydrogen-bond donors (Lipinski definition) is 3. The summed E-state index contributed by atoms with van der Waals surface area (Å²) in [4.78, 5) is 24.5. The minimum absolute atomic E-state index is 0.0271. The molecule has 0 bridgehead atoms. The first-order valence-electron chi connectivity index (χ1n) is 9.05. The Morgan fingerprint density at radius 1 is 1.25 bits per heavy atom. The molecular weight excluding hydrogens is 363 g/mol. The highest BCUT2D eigenvalue weighted by Crippen LogP contribution is 2.37. The number of ketones is 1. The lowest BCUT2D eigenvalue weighted by atomic mass is 9.64. The highest BCUT2D eigenvalue weighted by atomic mass is 16.5. The quantitative estimate of drug-likeness (QED) is 0.398. The lowest BCUT2D eigenvalue weighted by Crippen LogP contribution is -2.36. The Hall–Kier alpha value is -3.00. The van der Waals surface area contributed by atoms with E-state index in [0.29, 0.717) is 17.5 Å². The molecule has 0 aliphatic carbocycles. The van der Waals surface area contributed by atoms with Crippen LogP contribution in [0.15, 0.2) is 36.4 Å². The van der Waals surface area contributed by atoms with Crippen LogP contribution in [0.2, 0.25) is 5.82 Å². The largest absolute Gasteiger partial charge is 0.535 e. The Bertz CT molecular complexity index is 896. The second-order valence-corrected chi connectivity index (χ2v) is 6.72. The fourth-order valence-electron chi connectivity index (χ4n) is 3.32. The maximum Gasteiger partial charge on any atom is 0.526 e. The summed E-state index contributed by atoms with van der Waals surface area (Å²) in [5.41, 5.74) is 1.28. The van der Waals surface area contributed by atoms with Crippen LogP contribution in [0.5, 0.6) is 17.2 Å². The summed E-state index contributed by atoms with van der Waals surface area (Å²) in [5, 5.41) is 29.7. The molecule has 0 fully saturated rings. The number of para-hydroxylation sites is 1. The van der Waals surface area contributed by atoms with Crippen molar-refractivity contribution < 1.29 is 34.2 Å². The first-order chi connectivity index (χ1) is 13.4. The van der Waals surface area contributed by atoms with Gasteiger partial charge in [-0.15, -0.1) is 0 Å². The molecule has 0 saturated carbocycles. The zero-order valence-corrected chi connectivity index (χ0v) is 15.4. The number of hydrogen-bond acceptors (Lipinski definition) is 7. The summed E-state index contributed by atoms with van der Waals surface area (Å²) in [6.45, 7) is 1.93. The average Bonchev–Trinajstić information content (AvgIpc) is 2.65. The third-order valence-electron chi connectivity index (χ3n) is 4.66. The summed E-state index contributed by atoms with van der Waals surface area (Å²) in [7, 11) is -1.25. The van der Waals surface area contributed by atoms with Gasteiger partial charge in [-0.3, -0.25) is 4.79 Å². The van der Waals surface area contributed by atoms with Crippen molar-refractivity contribution in [2.45, 2.75) is 32.0 Å². The minimum Gasteiger partial charge on any atom is -0.535 e. The molecule has 1 aliphatic heterocycles. The molecule has 3 rings (SSSR count). The van der Waals surface area contributed by atoms with Gasteiger partial charge in [-0.25, -0.2) is 4.79 Å². The smallest absolute Gasteiger partial charge is 0.526 e. The number of carbonyl (C=O) groups excluding carboxylic acids is 2. The maximum absolute atomic E-state index is 12.4. The van der Waals surface area contributed by atoms with E-state index in [4.69, 9.17) is 9.39 Å². The standard InChI is InChI=1S/C20H21BO7/c1-2-27-20(25)17-5-3-4-12-8-14(21(26)28-19(12)17)11-16(23)10-13-9-15(22)6-7-18(13)24/h3-7,9,14,22,24,26H,2,8,10-11H2,1H3/t14-/m1/s1. The highest BCUT2D eigenvalue weighted by molar-refractivity contribution is 6.47. The monoisotopic (exact) mass is 384 g/mol. The zero-order chi connectivity index (χ0) is 20.3. The first kappa shape index (κ1) is 19.8. The Kier molecular flexibility index (Phi) is 5.89. The predicted octanol–water partition coefficient (Wildman–Crippen LogP) is 2.26. The Morgan fingerprint density at radius 3 is 2.79 bits per heavy atom. The summed E-state index contributed by atoms with van der Waals surface area (Å²) in [5.74, 6) is -1.06. The van der Waals surface area contributed by atoms with Gasteiger partial charge < -0.3 is 24.6 Å². The van der Waals surface area contributed by atoms with Crippen molar-refractivity contribution in [2.24, 2.45) is 0 Å². The fraction of sp³-hybridized carbons (Fsp3) is 0.300. The van der Waals surface area contributed by atoms with E-state index in [0.717, 1.165) is 0 Å². The van der Waals surface area contributed by atoms with Gasteiger partial charge in [0.25, 0.3) is 0 Å². The molecule has 146 valence electrons.